The first-order valence-corrected chi connectivity index (χ1v) is 7.31. The van der Waals surface area contributed by atoms with Crippen LogP contribution in [0.15, 0.2) is 59.8 Å². The molecular weight excluding hydrogens is 345 g/mol. The molecule has 2 aromatic carbocycles. The van der Waals surface area contributed by atoms with Crippen LogP contribution in [0.2, 0.25) is 10.0 Å². The van der Waals surface area contributed by atoms with Crippen molar-refractivity contribution in [3.63, 3.8) is 0 Å². The van der Waals surface area contributed by atoms with Crippen LogP contribution in [0.1, 0.15) is 15.9 Å². The van der Waals surface area contributed by atoms with Crippen LogP contribution in [0, 0.1) is 0 Å². The molecule has 0 saturated heterocycles. The Hall–Kier alpha value is -1.81. The van der Waals surface area contributed by atoms with E-state index in [4.69, 9.17) is 39.6 Å². The molecular formula is C16H10Cl3NO2. The fourth-order valence-electron chi connectivity index (χ4n) is 1.52. The zero-order chi connectivity index (χ0) is 15.9. The lowest BCUT2D eigenvalue weighted by molar-refractivity contribution is 0.0519. The van der Waals surface area contributed by atoms with Crippen LogP contribution in [-0.2, 0) is 4.84 Å². The van der Waals surface area contributed by atoms with Gasteiger partial charge in [0.05, 0.1) is 11.8 Å². The number of nitrogens with zero attached hydrogens (tertiary/aromatic N) is 1. The van der Waals surface area contributed by atoms with E-state index in [1.165, 1.54) is 12.3 Å². The lowest BCUT2D eigenvalue weighted by Gasteiger charge is -1.98. The number of benzene rings is 2. The molecule has 6 heteroatoms. The molecule has 0 heterocycles. The van der Waals surface area contributed by atoms with Crippen LogP contribution in [0.4, 0.5) is 0 Å². The highest BCUT2D eigenvalue weighted by molar-refractivity contribution is 6.49. The summed E-state index contributed by atoms with van der Waals surface area (Å²) in [5.74, 6) is -0.580. The lowest BCUT2D eigenvalue weighted by atomic mass is 10.2. The Bertz CT molecular complexity index is 707. The molecule has 3 nitrogen and oxygen atoms in total. The summed E-state index contributed by atoms with van der Waals surface area (Å²) < 4.78 is 0. The number of allylic oxidation sites excluding steroid dienone is 1. The smallest absolute Gasteiger partial charge is 0.313 e. The third kappa shape index (κ3) is 4.88. The number of carbonyl (C=O) groups is 1. The first kappa shape index (κ1) is 16.6. The first-order valence-electron chi connectivity index (χ1n) is 6.18. The molecule has 0 fully saturated rings. The van der Waals surface area contributed by atoms with Crippen LogP contribution < -0.4 is 0 Å². The molecule has 0 radical (unpaired) electrons. The molecule has 0 spiro atoms. The van der Waals surface area contributed by atoms with Gasteiger partial charge < -0.3 is 4.84 Å². The Morgan fingerprint density at radius 3 is 1.95 bits per heavy atom. The van der Waals surface area contributed by atoms with Crippen molar-refractivity contribution in [1.29, 1.82) is 0 Å². The highest BCUT2D eigenvalue weighted by Gasteiger charge is 2.05. The number of carbonyl (C=O) groups excluding carboxylic acids is 1. The number of rotatable bonds is 4. The average molecular weight is 355 g/mol. The van der Waals surface area contributed by atoms with Gasteiger partial charge in [0.25, 0.3) is 0 Å². The average Bonchev–Trinajstić information content (AvgIpc) is 2.52. The van der Waals surface area contributed by atoms with E-state index >= 15 is 0 Å². The maximum atomic E-state index is 11.7. The topological polar surface area (TPSA) is 38.7 Å². The molecule has 0 aliphatic rings. The molecule has 0 N–H and O–H groups in total. The van der Waals surface area contributed by atoms with Gasteiger partial charge in [-0.15, -0.1) is 0 Å². The van der Waals surface area contributed by atoms with E-state index in [2.05, 4.69) is 5.16 Å². The first-order chi connectivity index (χ1) is 10.6. The van der Waals surface area contributed by atoms with Gasteiger partial charge in [0.15, 0.2) is 0 Å². The number of halogens is 3. The number of hydrogen-bond donors (Lipinski definition) is 0. The van der Waals surface area contributed by atoms with Crippen LogP contribution in [-0.4, -0.2) is 12.2 Å². The molecule has 0 aliphatic carbocycles. The molecule has 0 bridgehead atoms. The van der Waals surface area contributed by atoms with Gasteiger partial charge >= 0.3 is 5.97 Å². The SMILES string of the molecule is O=C(O/N=C\C=C(/Cl)c1ccc(Cl)cc1)c1ccc(Cl)cc1. The van der Waals surface area contributed by atoms with Crippen LogP contribution in [0.3, 0.4) is 0 Å². The van der Waals surface area contributed by atoms with Crippen molar-refractivity contribution in [2.75, 3.05) is 0 Å². The molecule has 112 valence electrons. The third-order valence-electron chi connectivity index (χ3n) is 2.62. The Morgan fingerprint density at radius 1 is 0.909 bits per heavy atom. The van der Waals surface area contributed by atoms with Gasteiger partial charge in [-0.2, -0.15) is 0 Å². The molecule has 2 aromatic rings. The summed E-state index contributed by atoms with van der Waals surface area (Å²) in [7, 11) is 0. The summed E-state index contributed by atoms with van der Waals surface area (Å²) in [6.07, 6.45) is 2.81. The van der Waals surface area contributed by atoms with E-state index in [1.807, 2.05) is 0 Å². The highest BCUT2D eigenvalue weighted by Crippen LogP contribution is 2.20. The van der Waals surface area contributed by atoms with E-state index in [-0.39, 0.29) is 0 Å². The predicted molar refractivity (Wildman–Crippen MR) is 90.6 cm³/mol. The minimum atomic E-state index is -0.580. The Kier molecular flexibility index (Phi) is 6.01. The van der Waals surface area contributed by atoms with Crippen molar-refractivity contribution in [3.05, 3.63) is 75.8 Å². The molecule has 0 amide bonds. The Balaban J connectivity index is 1.94. The van der Waals surface area contributed by atoms with Crippen molar-refractivity contribution < 1.29 is 9.63 Å². The zero-order valence-corrected chi connectivity index (χ0v) is 13.4. The number of hydrogen-bond acceptors (Lipinski definition) is 3. The predicted octanol–water partition coefficient (Wildman–Crippen LogP) is 5.42. The van der Waals surface area contributed by atoms with Gasteiger partial charge in [0.2, 0.25) is 0 Å². The summed E-state index contributed by atoms with van der Waals surface area (Å²) in [5.41, 5.74) is 1.14. The second kappa shape index (κ2) is 7.99. The van der Waals surface area contributed by atoms with Gasteiger partial charge in [0.1, 0.15) is 0 Å². The van der Waals surface area contributed by atoms with Gasteiger partial charge in [0, 0.05) is 15.1 Å². The van der Waals surface area contributed by atoms with Crippen molar-refractivity contribution in [2.24, 2.45) is 5.16 Å². The third-order valence-corrected chi connectivity index (χ3v) is 3.47. The summed E-state index contributed by atoms with van der Waals surface area (Å²) in [5, 5.41) is 5.17. The van der Waals surface area contributed by atoms with Crippen molar-refractivity contribution in [1.82, 2.24) is 0 Å². The summed E-state index contributed by atoms with van der Waals surface area (Å²) in [4.78, 5) is 16.4. The van der Waals surface area contributed by atoms with Gasteiger partial charge in [-0.3, -0.25) is 0 Å². The van der Waals surface area contributed by atoms with E-state index in [1.54, 1.807) is 48.5 Å². The molecule has 0 saturated carbocycles. The fourth-order valence-corrected chi connectivity index (χ4v) is 1.95. The van der Waals surface area contributed by atoms with Crippen LogP contribution >= 0.6 is 34.8 Å². The Morgan fingerprint density at radius 2 is 1.41 bits per heavy atom. The van der Waals surface area contributed by atoms with Crippen LogP contribution in [0.25, 0.3) is 5.03 Å². The minimum Gasteiger partial charge on any atom is -0.313 e. The minimum absolute atomic E-state index is 0.356. The largest absolute Gasteiger partial charge is 0.365 e. The Labute approximate surface area is 142 Å². The van der Waals surface area contributed by atoms with E-state index in [0.29, 0.717) is 20.6 Å². The lowest BCUT2D eigenvalue weighted by Crippen LogP contribution is -2.00. The van der Waals surface area contributed by atoms with E-state index < -0.39 is 5.97 Å². The van der Waals surface area contributed by atoms with Crippen LogP contribution in [0.5, 0.6) is 0 Å². The second-order valence-corrected chi connectivity index (χ2v) is 5.44. The van der Waals surface area contributed by atoms with Crippen molar-refractivity contribution >= 4 is 52.0 Å². The second-order valence-electron chi connectivity index (χ2n) is 4.16. The number of oxime groups is 1. The normalized spacial score (nSPS) is 11.7. The quantitative estimate of drug-likeness (QED) is 0.418. The van der Waals surface area contributed by atoms with Crippen molar-refractivity contribution in [2.45, 2.75) is 0 Å². The fraction of sp³-hybridized carbons (Fsp3) is 0. The molecule has 0 atom stereocenters. The molecule has 2 rings (SSSR count). The summed E-state index contributed by atoms with van der Waals surface area (Å²) in [6.45, 7) is 0. The van der Waals surface area contributed by atoms with Crippen molar-refractivity contribution in [3.8, 4) is 0 Å². The summed E-state index contributed by atoms with van der Waals surface area (Å²) >= 11 is 17.6. The maximum Gasteiger partial charge on any atom is 0.365 e. The summed E-state index contributed by atoms with van der Waals surface area (Å²) in [6, 6.07) is 13.3. The maximum absolute atomic E-state index is 11.7. The van der Waals surface area contributed by atoms with E-state index in [0.717, 1.165) is 5.56 Å². The van der Waals surface area contributed by atoms with Gasteiger partial charge in [-0.05, 0) is 48.0 Å². The zero-order valence-electron chi connectivity index (χ0n) is 11.2. The van der Waals surface area contributed by atoms with E-state index in [9.17, 15) is 4.79 Å². The molecule has 0 unspecified atom stereocenters. The molecule has 0 aromatic heterocycles. The van der Waals surface area contributed by atoms with Gasteiger partial charge in [-0.25, -0.2) is 4.79 Å². The highest BCUT2D eigenvalue weighted by atomic mass is 35.5. The molecule has 22 heavy (non-hydrogen) atoms. The monoisotopic (exact) mass is 353 g/mol. The van der Waals surface area contributed by atoms with Gasteiger partial charge in [-0.1, -0.05) is 52.1 Å². The molecule has 0 aliphatic heterocycles. The standard InChI is InChI=1S/C16H10Cl3NO2/c17-13-5-1-11(2-6-13)15(19)9-10-20-22-16(21)12-3-7-14(18)8-4-12/h1-10H/b15-9-,20-10-.